The normalized spacial score (nSPS) is 15.6. The zero-order valence-corrected chi connectivity index (χ0v) is 13.0. The number of nitrogens with zero attached hydrogens (tertiary/aromatic N) is 2. The standard InChI is InChI=1S/C12H13N3O5S2/c16-9(13-4-10(17)18)5-14-6-15(12(21)22-7-14)11(19)8-2-1-3-20-8/h1-3H,4-7H2,(H,13,16)(H,17,18). The van der Waals surface area contributed by atoms with Crippen molar-refractivity contribution in [2.45, 2.75) is 0 Å². The van der Waals surface area contributed by atoms with Crippen LogP contribution in [0.2, 0.25) is 0 Å². The number of thioether (sulfide) groups is 1. The molecular formula is C12H13N3O5S2. The fourth-order valence-electron chi connectivity index (χ4n) is 1.73. The van der Waals surface area contributed by atoms with Crippen LogP contribution in [0.5, 0.6) is 0 Å². The van der Waals surface area contributed by atoms with Gasteiger partial charge >= 0.3 is 5.97 Å². The fraction of sp³-hybridized carbons (Fsp3) is 0.333. The van der Waals surface area contributed by atoms with Crippen LogP contribution in [-0.2, 0) is 9.59 Å². The van der Waals surface area contributed by atoms with Crippen LogP contribution in [-0.4, -0.2) is 62.6 Å². The molecule has 10 heteroatoms. The summed E-state index contributed by atoms with van der Waals surface area (Å²) in [4.78, 5) is 37.3. The lowest BCUT2D eigenvalue weighted by Crippen LogP contribution is -2.50. The maximum Gasteiger partial charge on any atom is 0.322 e. The molecule has 1 aliphatic heterocycles. The minimum absolute atomic E-state index is 0.0230. The Kier molecular flexibility index (Phi) is 5.52. The number of carboxylic acid groups (broad SMARTS) is 1. The molecule has 0 unspecified atom stereocenters. The highest BCUT2D eigenvalue weighted by Crippen LogP contribution is 2.20. The number of thiocarbonyl (C=S) groups is 1. The van der Waals surface area contributed by atoms with Gasteiger partial charge in [0.05, 0.1) is 25.4 Å². The molecule has 118 valence electrons. The summed E-state index contributed by atoms with van der Waals surface area (Å²) < 4.78 is 5.46. The van der Waals surface area contributed by atoms with Crippen LogP contribution in [0.25, 0.3) is 0 Å². The van der Waals surface area contributed by atoms with Gasteiger partial charge in [-0.3, -0.25) is 24.2 Å². The molecule has 0 aliphatic carbocycles. The lowest BCUT2D eigenvalue weighted by molar-refractivity contribution is -0.138. The number of hydrogen-bond donors (Lipinski definition) is 2. The van der Waals surface area contributed by atoms with Crippen molar-refractivity contribution in [3.05, 3.63) is 24.2 Å². The van der Waals surface area contributed by atoms with E-state index in [0.717, 1.165) is 0 Å². The molecule has 1 aliphatic rings. The Morgan fingerprint density at radius 2 is 2.23 bits per heavy atom. The Morgan fingerprint density at radius 1 is 1.45 bits per heavy atom. The van der Waals surface area contributed by atoms with Crippen molar-refractivity contribution in [3.63, 3.8) is 0 Å². The van der Waals surface area contributed by atoms with Gasteiger partial charge < -0.3 is 14.8 Å². The summed E-state index contributed by atoms with van der Waals surface area (Å²) in [5, 5.41) is 10.8. The van der Waals surface area contributed by atoms with E-state index >= 15 is 0 Å². The molecule has 0 spiro atoms. The maximum absolute atomic E-state index is 12.2. The van der Waals surface area contributed by atoms with E-state index in [1.165, 1.54) is 29.0 Å². The SMILES string of the molecule is O=C(O)CNC(=O)CN1CSC(=S)N(C(=O)c2ccco2)C1. The molecule has 2 N–H and O–H groups in total. The number of rotatable bonds is 5. The van der Waals surface area contributed by atoms with Crippen LogP contribution in [0.15, 0.2) is 22.8 Å². The first kappa shape index (κ1) is 16.5. The van der Waals surface area contributed by atoms with Gasteiger partial charge in [-0.25, -0.2) is 0 Å². The summed E-state index contributed by atoms with van der Waals surface area (Å²) in [6, 6.07) is 3.14. The van der Waals surface area contributed by atoms with Gasteiger partial charge in [-0.15, -0.1) is 0 Å². The second kappa shape index (κ2) is 7.38. The van der Waals surface area contributed by atoms with Crippen molar-refractivity contribution in [2.24, 2.45) is 0 Å². The summed E-state index contributed by atoms with van der Waals surface area (Å²) in [7, 11) is 0. The first-order chi connectivity index (χ1) is 10.5. The van der Waals surface area contributed by atoms with Crippen LogP contribution in [0.1, 0.15) is 10.6 Å². The Morgan fingerprint density at radius 3 is 2.86 bits per heavy atom. The Labute approximate surface area is 135 Å². The summed E-state index contributed by atoms with van der Waals surface area (Å²) in [6.45, 7) is -0.316. The van der Waals surface area contributed by atoms with E-state index in [-0.39, 0.29) is 24.9 Å². The molecule has 1 aromatic rings. The smallest absolute Gasteiger partial charge is 0.322 e. The van der Waals surface area contributed by atoms with E-state index in [2.05, 4.69) is 5.32 Å². The average molecular weight is 343 g/mol. The lowest BCUT2D eigenvalue weighted by Gasteiger charge is -2.34. The molecule has 1 saturated heterocycles. The van der Waals surface area contributed by atoms with E-state index in [9.17, 15) is 14.4 Å². The zero-order valence-electron chi connectivity index (χ0n) is 11.4. The van der Waals surface area contributed by atoms with Gasteiger partial charge in [-0.1, -0.05) is 24.0 Å². The largest absolute Gasteiger partial charge is 0.480 e. The number of furan rings is 1. The summed E-state index contributed by atoms with van der Waals surface area (Å²) in [5.74, 6) is -1.31. The van der Waals surface area contributed by atoms with E-state index in [1.54, 1.807) is 11.0 Å². The number of carboxylic acids is 1. The third kappa shape index (κ3) is 4.29. The number of carbonyl (C=O) groups excluding carboxylic acids is 2. The fourth-order valence-corrected chi connectivity index (χ4v) is 2.79. The molecule has 0 bridgehead atoms. The van der Waals surface area contributed by atoms with Crippen LogP contribution in [0.4, 0.5) is 0 Å². The summed E-state index contributed by atoms with van der Waals surface area (Å²) >= 11 is 6.40. The van der Waals surface area contributed by atoms with Crippen molar-refractivity contribution in [3.8, 4) is 0 Å². The van der Waals surface area contributed by atoms with Crippen LogP contribution in [0.3, 0.4) is 0 Å². The van der Waals surface area contributed by atoms with E-state index in [0.29, 0.717) is 10.2 Å². The van der Waals surface area contributed by atoms with E-state index in [1.807, 2.05) is 0 Å². The van der Waals surface area contributed by atoms with Crippen LogP contribution in [0, 0.1) is 0 Å². The predicted octanol–water partition coefficient (Wildman–Crippen LogP) is 0.171. The van der Waals surface area contributed by atoms with Crippen molar-refractivity contribution in [1.82, 2.24) is 15.1 Å². The lowest BCUT2D eigenvalue weighted by atomic mass is 10.4. The second-order valence-corrected chi connectivity index (χ2v) is 5.97. The molecule has 0 atom stereocenters. The highest BCUT2D eigenvalue weighted by atomic mass is 32.2. The van der Waals surface area contributed by atoms with Crippen molar-refractivity contribution >= 4 is 46.1 Å². The highest BCUT2D eigenvalue weighted by Gasteiger charge is 2.29. The van der Waals surface area contributed by atoms with Crippen molar-refractivity contribution in [1.29, 1.82) is 0 Å². The average Bonchev–Trinajstić information content (AvgIpc) is 3.00. The zero-order chi connectivity index (χ0) is 16.1. The molecule has 0 aromatic carbocycles. The molecule has 0 saturated carbocycles. The van der Waals surface area contributed by atoms with Gasteiger partial charge in [0.2, 0.25) is 5.91 Å². The minimum Gasteiger partial charge on any atom is -0.480 e. The summed E-state index contributed by atoms with van der Waals surface area (Å²) in [6.07, 6.45) is 1.39. The third-order valence-corrected chi connectivity index (χ3v) is 4.25. The minimum atomic E-state index is -1.11. The van der Waals surface area contributed by atoms with Gasteiger partial charge in [0.25, 0.3) is 5.91 Å². The number of carbonyl (C=O) groups is 3. The van der Waals surface area contributed by atoms with Crippen LogP contribution >= 0.6 is 24.0 Å². The van der Waals surface area contributed by atoms with Crippen LogP contribution < -0.4 is 5.32 Å². The quantitative estimate of drug-likeness (QED) is 0.730. The van der Waals surface area contributed by atoms with Gasteiger partial charge in [0, 0.05) is 0 Å². The van der Waals surface area contributed by atoms with Crippen molar-refractivity contribution < 1.29 is 23.9 Å². The second-order valence-electron chi connectivity index (χ2n) is 4.39. The predicted molar refractivity (Wildman–Crippen MR) is 82.2 cm³/mol. The van der Waals surface area contributed by atoms with Gasteiger partial charge in [-0.05, 0) is 12.1 Å². The molecular weight excluding hydrogens is 330 g/mol. The molecule has 8 nitrogen and oxygen atoms in total. The van der Waals surface area contributed by atoms with Gasteiger partial charge in [-0.2, -0.15) is 0 Å². The Balaban J connectivity index is 1.93. The molecule has 22 heavy (non-hydrogen) atoms. The number of aliphatic carboxylic acids is 1. The highest BCUT2D eigenvalue weighted by molar-refractivity contribution is 8.23. The number of amides is 2. The van der Waals surface area contributed by atoms with Crippen molar-refractivity contribution in [2.75, 3.05) is 25.6 Å². The number of hydrogen-bond acceptors (Lipinski definition) is 7. The molecule has 2 rings (SSSR count). The Hall–Kier alpha value is -1.91. The first-order valence-corrected chi connectivity index (χ1v) is 7.59. The van der Waals surface area contributed by atoms with E-state index < -0.39 is 18.4 Å². The Bertz CT molecular complexity index is 590. The summed E-state index contributed by atoms with van der Waals surface area (Å²) in [5.41, 5.74) is 0. The van der Waals surface area contributed by atoms with Gasteiger partial charge in [0.15, 0.2) is 5.76 Å². The molecule has 1 fully saturated rings. The molecule has 1 aromatic heterocycles. The number of nitrogens with one attached hydrogen (secondary N) is 1. The third-order valence-electron chi connectivity index (χ3n) is 2.71. The molecule has 2 heterocycles. The topological polar surface area (TPSA) is 103 Å². The first-order valence-electron chi connectivity index (χ1n) is 6.20. The monoisotopic (exact) mass is 343 g/mol. The molecule has 2 amide bonds. The molecule has 0 radical (unpaired) electrons. The van der Waals surface area contributed by atoms with Gasteiger partial charge in [0.1, 0.15) is 10.9 Å². The maximum atomic E-state index is 12.2. The van der Waals surface area contributed by atoms with E-state index in [4.69, 9.17) is 21.7 Å².